The first-order valence-corrected chi connectivity index (χ1v) is 8.39. The summed E-state index contributed by atoms with van der Waals surface area (Å²) in [4.78, 5) is 49.8. The molecule has 1 saturated heterocycles. The number of nitrogens with zero attached hydrogens (tertiary/aromatic N) is 4. The molecule has 2 aromatic rings. The Balaban J connectivity index is 1.84. The minimum atomic E-state index is -0.517. The van der Waals surface area contributed by atoms with Crippen LogP contribution in [0.4, 0.5) is 11.5 Å². The number of nitrogens with one attached hydrogen (secondary N) is 2. The maximum Gasteiger partial charge on any atom is 0.274 e. The van der Waals surface area contributed by atoms with Gasteiger partial charge in [0, 0.05) is 45.2 Å². The van der Waals surface area contributed by atoms with Crippen LogP contribution in [0, 0.1) is 0 Å². The van der Waals surface area contributed by atoms with Gasteiger partial charge >= 0.3 is 0 Å². The third-order valence-electron chi connectivity index (χ3n) is 4.24. The highest BCUT2D eigenvalue weighted by atomic mass is 16.5. The van der Waals surface area contributed by atoms with E-state index in [1.807, 2.05) is 4.90 Å². The molecule has 1 aliphatic heterocycles. The molecule has 0 saturated carbocycles. The lowest BCUT2D eigenvalue weighted by Gasteiger charge is -2.35. The number of anilines is 2. The fourth-order valence-corrected chi connectivity index (χ4v) is 2.80. The summed E-state index contributed by atoms with van der Waals surface area (Å²) >= 11 is 0. The molecule has 2 amide bonds. The number of aromatic nitrogens is 3. The third kappa shape index (κ3) is 4.22. The van der Waals surface area contributed by atoms with Gasteiger partial charge in [0.25, 0.3) is 11.5 Å². The fourth-order valence-electron chi connectivity index (χ4n) is 2.80. The number of pyridine rings is 1. The van der Waals surface area contributed by atoms with Crippen LogP contribution in [0.5, 0.6) is 5.88 Å². The number of carbonyl (C=O) groups is 2. The number of hydrogen-bond acceptors (Lipinski definition) is 7. The number of amides is 2. The maximum absolute atomic E-state index is 12.4. The van der Waals surface area contributed by atoms with Gasteiger partial charge in [-0.15, -0.1) is 0 Å². The summed E-state index contributed by atoms with van der Waals surface area (Å²) in [5, 5.41) is 2.74. The van der Waals surface area contributed by atoms with E-state index in [1.165, 1.54) is 13.4 Å². The van der Waals surface area contributed by atoms with Crippen molar-refractivity contribution in [3.63, 3.8) is 0 Å². The van der Waals surface area contributed by atoms with Gasteiger partial charge in [-0.1, -0.05) is 0 Å². The maximum atomic E-state index is 12.4. The quantitative estimate of drug-likeness (QED) is 0.780. The highest BCUT2D eigenvalue weighted by Crippen LogP contribution is 2.28. The number of H-pyrrole nitrogens is 1. The molecule has 0 aromatic carbocycles. The van der Waals surface area contributed by atoms with E-state index in [9.17, 15) is 14.4 Å². The van der Waals surface area contributed by atoms with Gasteiger partial charge in [-0.25, -0.2) is 4.98 Å². The van der Waals surface area contributed by atoms with E-state index in [0.29, 0.717) is 43.6 Å². The molecule has 27 heavy (non-hydrogen) atoms. The van der Waals surface area contributed by atoms with Crippen LogP contribution in [-0.2, 0) is 4.79 Å². The van der Waals surface area contributed by atoms with E-state index >= 15 is 0 Å². The van der Waals surface area contributed by atoms with E-state index in [4.69, 9.17) is 4.74 Å². The molecule has 10 heteroatoms. The minimum Gasteiger partial charge on any atom is -0.481 e. The smallest absolute Gasteiger partial charge is 0.274 e. The van der Waals surface area contributed by atoms with Crippen molar-refractivity contribution in [1.29, 1.82) is 0 Å². The van der Waals surface area contributed by atoms with Crippen molar-refractivity contribution in [3.8, 4) is 5.88 Å². The number of carbonyl (C=O) groups excluding carboxylic acids is 2. The Morgan fingerprint density at radius 3 is 2.59 bits per heavy atom. The summed E-state index contributed by atoms with van der Waals surface area (Å²) in [6.45, 7) is 3.83. The lowest BCUT2D eigenvalue weighted by Crippen LogP contribution is -2.48. The second-order valence-electron chi connectivity index (χ2n) is 5.97. The van der Waals surface area contributed by atoms with E-state index in [0.717, 1.165) is 6.07 Å². The van der Waals surface area contributed by atoms with Crippen LogP contribution < -0.4 is 20.5 Å². The molecular weight excluding hydrogens is 352 g/mol. The van der Waals surface area contributed by atoms with Crippen LogP contribution in [0.15, 0.2) is 29.3 Å². The summed E-state index contributed by atoms with van der Waals surface area (Å²) in [5.74, 6) is 0.459. The van der Waals surface area contributed by atoms with Gasteiger partial charge in [0.2, 0.25) is 11.8 Å². The lowest BCUT2D eigenvalue weighted by atomic mass is 10.2. The molecule has 142 valence electrons. The number of ether oxygens (including phenoxy) is 1. The van der Waals surface area contributed by atoms with Gasteiger partial charge in [0.05, 0.1) is 19.1 Å². The predicted octanol–water partition coefficient (Wildman–Crippen LogP) is 0.0943. The number of aromatic amines is 1. The van der Waals surface area contributed by atoms with Crippen LogP contribution in [0.3, 0.4) is 0 Å². The van der Waals surface area contributed by atoms with Crippen molar-refractivity contribution < 1.29 is 14.3 Å². The molecule has 0 unspecified atom stereocenters. The monoisotopic (exact) mass is 372 g/mol. The standard InChI is InChI=1S/C17H20N6O4/c1-11(24)22-5-7-23(8-6-22)16-12(3-4-15(21-16)27-2)20-17(26)13-9-14(25)19-10-18-13/h3-4,9-10H,5-8H2,1-2H3,(H,20,26)(H,18,19,25). The number of methoxy groups -OCH3 is 1. The third-order valence-corrected chi connectivity index (χ3v) is 4.24. The Morgan fingerprint density at radius 2 is 1.96 bits per heavy atom. The van der Waals surface area contributed by atoms with Gasteiger partial charge in [-0.2, -0.15) is 4.98 Å². The molecule has 0 spiro atoms. The summed E-state index contributed by atoms with van der Waals surface area (Å²) in [5.41, 5.74) is 0.0599. The molecule has 3 rings (SSSR count). The van der Waals surface area contributed by atoms with Crippen LogP contribution in [0.2, 0.25) is 0 Å². The van der Waals surface area contributed by atoms with Crippen LogP contribution in [-0.4, -0.2) is 65.0 Å². The molecular formula is C17H20N6O4. The van der Waals surface area contributed by atoms with E-state index in [-0.39, 0.29) is 11.6 Å². The zero-order valence-corrected chi connectivity index (χ0v) is 15.1. The first kappa shape index (κ1) is 18.4. The average Bonchev–Trinajstić information content (AvgIpc) is 2.68. The molecule has 2 N–H and O–H groups in total. The van der Waals surface area contributed by atoms with E-state index < -0.39 is 11.5 Å². The molecule has 0 atom stereocenters. The summed E-state index contributed by atoms with van der Waals surface area (Å²) in [7, 11) is 1.51. The Bertz CT molecular complexity index is 904. The molecule has 2 aromatic heterocycles. The lowest BCUT2D eigenvalue weighted by molar-refractivity contribution is -0.129. The van der Waals surface area contributed by atoms with Crippen LogP contribution >= 0.6 is 0 Å². The Morgan fingerprint density at radius 1 is 1.22 bits per heavy atom. The summed E-state index contributed by atoms with van der Waals surface area (Å²) in [6, 6.07) is 4.44. The van der Waals surface area contributed by atoms with Crippen LogP contribution in [0.25, 0.3) is 0 Å². The molecule has 3 heterocycles. The molecule has 0 aliphatic carbocycles. The van der Waals surface area contributed by atoms with E-state index in [1.54, 1.807) is 24.0 Å². The Hall–Kier alpha value is -3.43. The minimum absolute atomic E-state index is 0.00178. The second-order valence-corrected chi connectivity index (χ2v) is 5.97. The molecule has 0 radical (unpaired) electrons. The number of rotatable bonds is 4. The molecule has 1 aliphatic rings. The first-order valence-electron chi connectivity index (χ1n) is 8.39. The number of hydrogen-bond donors (Lipinski definition) is 2. The SMILES string of the molecule is COc1ccc(NC(=O)c2cc(=O)[nH]cn2)c(N2CCN(C(C)=O)CC2)n1. The average molecular weight is 372 g/mol. The second kappa shape index (κ2) is 7.85. The largest absolute Gasteiger partial charge is 0.481 e. The van der Waals surface area contributed by atoms with Crippen molar-refractivity contribution in [2.75, 3.05) is 43.5 Å². The highest BCUT2D eigenvalue weighted by Gasteiger charge is 2.23. The predicted molar refractivity (Wildman–Crippen MR) is 98.1 cm³/mol. The van der Waals surface area contributed by atoms with Gasteiger partial charge in [0.1, 0.15) is 5.69 Å². The zero-order valence-electron chi connectivity index (χ0n) is 15.1. The molecule has 10 nitrogen and oxygen atoms in total. The zero-order chi connectivity index (χ0) is 19.4. The van der Waals surface area contributed by atoms with Gasteiger partial charge in [-0.3, -0.25) is 14.4 Å². The first-order chi connectivity index (χ1) is 13.0. The van der Waals surface area contributed by atoms with Crippen molar-refractivity contribution in [2.45, 2.75) is 6.92 Å². The Labute approximate surface area is 155 Å². The summed E-state index contributed by atoms with van der Waals surface area (Å²) < 4.78 is 5.19. The van der Waals surface area contributed by atoms with Crippen molar-refractivity contribution in [3.05, 3.63) is 40.6 Å². The topological polar surface area (TPSA) is 121 Å². The highest BCUT2D eigenvalue weighted by molar-refractivity contribution is 6.04. The fraction of sp³-hybridized carbons (Fsp3) is 0.353. The molecule has 1 fully saturated rings. The van der Waals surface area contributed by atoms with Gasteiger partial charge in [0.15, 0.2) is 5.82 Å². The van der Waals surface area contributed by atoms with Crippen molar-refractivity contribution in [2.24, 2.45) is 0 Å². The van der Waals surface area contributed by atoms with Crippen molar-refractivity contribution in [1.82, 2.24) is 19.9 Å². The van der Waals surface area contributed by atoms with Gasteiger partial charge < -0.3 is 24.8 Å². The molecule has 0 bridgehead atoms. The summed E-state index contributed by atoms with van der Waals surface area (Å²) in [6.07, 6.45) is 1.17. The normalized spacial score (nSPS) is 14.0. The van der Waals surface area contributed by atoms with Crippen LogP contribution in [0.1, 0.15) is 17.4 Å². The van der Waals surface area contributed by atoms with Gasteiger partial charge in [-0.05, 0) is 6.07 Å². The Kier molecular flexibility index (Phi) is 5.34. The van der Waals surface area contributed by atoms with Crippen molar-refractivity contribution >= 4 is 23.3 Å². The van der Waals surface area contributed by atoms with E-state index in [2.05, 4.69) is 20.3 Å². The number of piperazine rings is 1.